The monoisotopic (exact) mass is 884 g/mol. The molecule has 336 valence electrons. The second-order valence-electron chi connectivity index (χ2n) is 22.5. The molecule has 0 saturated heterocycles. The van der Waals surface area contributed by atoms with Crippen LogP contribution in [0.15, 0.2) is 182 Å². The highest BCUT2D eigenvalue weighted by atomic mass is 15.3. The normalized spacial score (nSPS) is 19.2. The van der Waals surface area contributed by atoms with Crippen LogP contribution in [0.5, 0.6) is 0 Å². The Balaban J connectivity index is 1.19. The van der Waals surface area contributed by atoms with Gasteiger partial charge in [0.1, 0.15) is 0 Å². The number of nitrogens with zero attached hydrogens (tertiary/aromatic N) is 3. The van der Waals surface area contributed by atoms with Gasteiger partial charge in [-0.15, -0.1) is 0 Å². The van der Waals surface area contributed by atoms with Gasteiger partial charge in [0.05, 0.1) is 5.54 Å². The first kappa shape index (κ1) is 42.6. The zero-order valence-electron chi connectivity index (χ0n) is 41.1. The number of rotatable bonds is 5. The van der Waals surface area contributed by atoms with Gasteiger partial charge in [-0.1, -0.05) is 189 Å². The molecule has 0 bridgehead atoms. The SMILES string of the molecule is CC(C)(C)c1ccc(N2c3ccc(C(C)(C)C)cc3B3c4cc(-c5ccccc5)ccc4N(c4ccc(-c5ccccc5)cc4)c4cc(N5c6ccccc6C6(C)CCCCC56C)cc2c43)cc1. The van der Waals surface area contributed by atoms with Crippen LogP contribution in [0.25, 0.3) is 22.3 Å². The Labute approximate surface area is 405 Å². The molecule has 3 heterocycles. The lowest BCUT2D eigenvalue weighted by molar-refractivity contribution is 0.195. The Morgan fingerprint density at radius 1 is 0.412 bits per heavy atom. The number of para-hydroxylation sites is 1. The number of hydrogen-bond donors (Lipinski definition) is 0. The second kappa shape index (κ2) is 15.4. The second-order valence-corrected chi connectivity index (χ2v) is 22.5. The Morgan fingerprint density at radius 3 is 1.51 bits per heavy atom. The lowest BCUT2D eigenvalue weighted by atomic mass is 9.33. The van der Waals surface area contributed by atoms with E-state index in [-0.39, 0.29) is 28.5 Å². The summed E-state index contributed by atoms with van der Waals surface area (Å²) in [4.78, 5) is 7.98. The van der Waals surface area contributed by atoms with E-state index in [0.717, 1.165) is 12.1 Å². The molecule has 2 unspecified atom stereocenters. The van der Waals surface area contributed by atoms with Gasteiger partial charge < -0.3 is 14.7 Å². The highest BCUT2D eigenvalue weighted by Gasteiger charge is 2.58. The van der Waals surface area contributed by atoms with Crippen LogP contribution in [0.2, 0.25) is 0 Å². The summed E-state index contributed by atoms with van der Waals surface area (Å²) < 4.78 is 0. The molecule has 12 rings (SSSR count). The molecule has 2 atom stereocenters. The molecule has 4 heteroatoms. The largest absolute Gasteiger partial charge is 0.334 e. The molecule has 0 aromatic heterocycles. The molecule has 1 fully saturated rings. The zero-order chi connectivity index (χ0) is 46.7. The van der Waals surface area contributed by atoms with Crippen LogP contribution >= 0.6 is 0 Å². The van der Waals surface area contributed by atoms with E-state index in [2.05, 4.69) is 252 Å². The fraction of sp³-hybridized carbons (Fsp3) is 0.250. The first-order valence-electron chi connectivity index (χ1n) is 25.0. The quantitative estimate of drug-likeness (QED) is 0.159. The fourth-order valence-corrected chi connectivity index (χ4v) is 12.6. The van der Waals surface area contributed by atoms with Gasteiger partial charge in [0.15, 0.2) is 0 Å². The van der Waals surface area contributed by atoms with Gasteiger partial charge in [0.25, 0.3) is 6.71 Å². The van der Waals surface area contributed by atoms with Crippen LogP contribution in [0.3, 0.4) is 0 Å². The van der Waals surface area contributed by atoms with Crippen molar-refractivity contribution in [3.63, 3.8) is 0 Å². The molecular formula is C64H62BN3. The summed E-state index contributed by atoms with van der Waals surface area (Å²) in [5.74, 6) is 0. The molecule has 8 aromatic rings. The Hall–Kier alpha value is -6.78. The average Bonchev–Trinajstić information content (AvgIpc) is 3.56. The number of fused-ring (bicyclic) bond motifs is 7. The van der Waals surface area contributed by atoms with Crippen molar-refractivity contribution >= 4 is 68.6 Å². The number of hydrogen-bond acceptors (Lipinski definition) is 3. The van der Waals surface area contributed by atoms with E-state index in [9.17, 15) is 0 Å². The van der Waals surface area contributed by atoms with Gasteiger partial charge >= 0.3 is 0 Å². The fourth-order valence-electron chi connectivity index (χ4n) is 12.6. The van der Waals surface area contributed by atoms with Crippen LogP contribution < -0.4 is 31.1 Å². The van der Waals surface area contributed by atoms with E-state index in [0.29, 0.717) is 0 Å². The third kappa shape index (κ3) is 6.47. The molecule has 1 aliphatic carbocycles. The third-order valence-corrected chi connectivity index (χ3v) is 16.5. The summed E-state index contributed by atoms with van der Waals surface area (Å²) in [5.41, 5.74) is 22.9. The van der Waals surface area contributed by atoms with Crippen molar-refractivity contribution in [3.8, 4) is 22.3 Å². The highest BCUT2D eigenvalue weighted by Crippen LogP contribution is 2.61. The van der Waals surface area contributed by atoms with E-state index in [1.807, 2.05) is 0 Å². The summed E-state index contributed by atoms with van der Waals surface area (Å²) >= 11 is 0. The Kier molecular flexibility index (Phi) is 9.62. The number of anilines is 8. The van der Waals surface area contributed by atoms with Crippen molar-refractivity contribution in [2.75, 3.05) is 14.7 Å². The van der Waals surface area contributed by atoms with Crippen LogP contribution in [0, 0.1) is 0 Å². The predicted octanol–water partition coefficient (Wildman–Crippen LogP) is 15.4. The minimum absolute atomic E-state index is 0.0172. The van der Waals surface area contributed by atoms with E-state index in [1.165, 1.54) is 114 Å². The summed E-state index contributed by atoms with van der Waals surface area (Å²) in [6, 6.07) is 69.6. The predicted molar refractivity (Wildman–Crippen MR) is 292 cm³/mol. The van der Waals surface area contributed by atoms with Gasteiger partial charge in [-0.2, -0.15) is 0 Å². The minimum Gasteiger partial charge on any atom is -0.334 e. The molecule has 3 nitrogen and oxygen atoms in total. The molecule has 8 aromatic carbocycles. The number of benzene rings is 8. The lowest BCUT2D eigenvalue weighted by Crippen LogP contribution is -2.61. The molecule has 4 aliphatic rings. The van der Waals surface area contributed by atoms with Crippen molar-refractivity contribution in [1.82, 2.24) is 0 Å². The smallest absolute Gasteiger partial charge is 0.252 e. The average molecular weight is 884 g/mol. The van der Waals surface area contributed by atoms with Gasteiger partial charge in [0.2, 0.25) is 0 Å². The van der Waals surface area contributed by atoms with Crippen LogP contribution in [0.1, 0.15) is 97.8 Å². The summed E-state index contributed by atoms with van der Waals surface area (Å²) in [6.07, 6.45) is 4.80. The van der Waals surface area contributed by atoms with Crippen LogP contribution in [-0.4, -0.2) is 12.3 Å². The Bertz CT molecular complexity index is 3230. The van der Waals surface area contributed by atoms with Gasteiger partial charge in [-0.25, -0.2) is 0 Å². The summed E-state index contributed by atoms with van der Waals surface area (Å²) in [6.45, 7) is 19.1. The molecule has 1 saturated carbocycles. The molecule has 0 N–H and O–H groups in total. The van der Waals surface area contributed by atoms with Crippen LogP contribution in [-0.2, 0) is 16.2 Å². The zero-order valence-corrected chi connectivity index (χ0v) is 41.1. The van der Waals surface area contributed by atoms with E-state index in [4.69, 9.17) is 0 Å². The maximum Gasteiger partial charge on any atom is 0.252 e. The van der Waals surface area contributed by atoms with E-state index in [1.54, 1.807) is 0 Å². The molecule has 0 radical (unpaired) electrons. The summed E-state index contributed by atoms with van der Waals surface area (Å²) in [7, 11) is 0. The Morgan fingerprint density at radius 2 is 0.897 bits per heavy atom. The minimum atomic E-state index is -0.109. The van der Waals surface area contributed by atoms with Crippen molar-refractivity contribution in [1.29, 1.82) is 0 Å². The molecule has 68 heavy (non-hydrogen) atoms. The molecule has 0 spiro atoms. The highest BCUT2D eigenvalue weighted by molar-refractivity contribution is 7.00. The van der Waals surface area contributed by atoms with Gasteiger partial charge in [0, 0.05) is 50.9 Å². The standard InChI is InChI=1S/C64H62BN3/c1-61(2,3)47-28-33-50(34-29-47)67-57-36-30-48(62(4,5)6)40-54(57)65-53-39-46(44-21-13-10-14-22-44)27-35-56(53)66(49-31-25-45(26-32-49)43-19-11-9-12-20-43)58-41-51(42-59(67)60(58)65)68-55-24-16-15-23-52(55)63(7)37-17-18-38-64(63,68)8/h9-16,19-36,39-42H,17-18,37-38H2,1-8H3. The first-order valence-corrected chi connectivity index (χ1v) is 25.0. The molecule has 3 aliphatic heterocycles. The van der Waals surface area contributed by atoms with Crippen molar-refractivity contribution < 1.29 is 0 Å². The maximum absolute atomic E-state index is 2.77. The lowest BCUT2D eigenvalue weighted by Gasteiger charge is -2.51. The molecular weight excluding hydrogens is 822 g/mol. The van der Waals surface area contributed by atoms with Gasteiger partial charge in [-0.3, -0.25) is 0 Å². The maximum atomic E-state index is 2.77. The first-order chi connectivity index (χ1) is 32.7. The van der Waals surface area contributed by atoms with Crippen LogP contribution in [0.4, 0.5) is 45.5 Å². The van der Waals surface area contributed by atoms with E-state index >= 15 is 0 Å². The summed E-state index contributed by atoms with van der Waals surface area (Å²) in [5, 5.41) is 0. The van der Waals surface area contributed by atoms with Crippen molar-refractivity contribution in [3.05, 3.63) is 199 Å². The van der Waals surface area contributed by atoms with Gasteiger partial charge in [-0.05, 0) is 141 Å². The van der Waals surface area contributed by atoms with Crippen molar-refractivity contribution in [2.45, 2.75) is 103 Å². The van der Waals surface area contributed by atoms with E-state index < -0.39 is 0 Å². The topological polar surface area (TPSA) is 9.72 Å². The van der Waals surface area contributed by atoms with Crippen molar-refractivity contribution in [2.24, 2.45) is 0 Å². The molecule has 0 amide bonds. The third-order valence-electron chi connectivity index (χ3n) is 16.5.